The Bertz CT molecular complexity index is 987. The quantitative estimate of drug-likeness (QED) is 0.482. The Balaban J connectivity index is 2.00. The fourth-order valence-corrected chi connectivity index (χ4v) is 4.17. The molecule has 26 heavy (non-hydrogen) atoms. The van der Waals surface area contributed by atoms with Crippen molar-refractivity contribution in [2.75, 3.05) is 21.3 Å². The van der Waals surface area contributed by atoms with Gasteiger partial charge in [-0.15, -0.1) is 11.3 Å². The first-order valence-corrected chi connectivity index (χ1v) is 8.92. The number of benzene rings is 1. The van der Waals surface area contributed by atoms with Gasteiger partial charge < -0.3 is 14.2 Å². The van der Waals surface area contributed by atoms with Gasteiger partial charge >= 0.3 is 5.97 Å². The molecule has 6 nitrogen and oxygen atoms in total. The molecular formula is C18H17ClN2O4S. The minimum Gasteiger partial charge on any atom is -0.493 e. The predicted molar refractivity (Wildman–Crippen MR) is 101 cm³/mol. The lowest BCUT2D eigenvalue weighted by molar-refractivity contribution is 0.0605. The van der Waals surface area contributed by atoms with Crippen LogP contribution in [0, 0.1) is 6.92 Å². The van der Waals surface area contributed by atoms with Crippen LogP contribution in [0.1, 0.15) is 26.6 Å². The van der Waals surface area contributed by atoms with E-state index in [-0.39, 0.29) is 0 Å². The number of fused-ring (bicyclic) bond motifs is 1. The second kappa shape index (κ2) is 7.47. The maximum Gasteiger partial charge on any atom is 0.348 e. The van der Waals surface area contributed by atoms with Gasteiger partial charge in [0.25, 0.3) is 0 Å². The Kier molecular flexibility index (Phi) is 5.29. The van der Waals surface area contributed by atoms with E-state index in [0.29, 0.717) is 44.0 Å². The standard InChI is InChI=1S/C18H17ClN2O4S/c1-9-14-16(19)20-13(21-17(14)26-15(9)18(22)25-4)8-10-5-6-11(23-2)12(7-10)24-3/h5-7H,8H2,1-4H3. The molecule has 0 N–H and O–H groups in total. The zero-order valence-electron chi connectivity index (χ0n) is 14.8. The van der Waals surface area contributed by atoms with E-state index in [2.05, 4.69) is 9.97 Å². The van der Waals surface area contributed by atoms with Gasteiger partial charge in [-0.1, -0.05) is 17.7 Å². The molecular weight excluding hydrogens is 376 g/mol. The van der Waals surface area contributed by atoms with Gasteiger partial charge in [0, 0.05) is 6.42 Å². The number of thiophene rings is 1. The second-order valence-electron chi connectivity index (χ2n) is 5.52. The van der Waals surface area contributed by atoms with Crippen molar-refractivity contribution in [3.05, 3.63) is 45.2 Å². The number of methoxy groups -OCH3 is 3. The van der Waals surface area contributed by atoms with Gasteiger partial charge in [0.05, 0.1) is 26.7 Å². The molecule has 136 valence electrons. The number of carbonyl (C=O) groups excluding carboxylic acids is 1. The van der Waals surface area contributed by atoms with Gasteiger partial charge in [-0.05, 0) is 30.2 Å². The van der Waals surface area contributed by atoms with Crippen LogP contribution in [0.5, 0.6) is 11.5 Å². The molecule has 2 heterocycles. The van der Waals surface area contributed by atoms with Crippen molar-refractivity contribution in [1.82, 2.24) is 9.97 Å². The average molecular weight is 393 g/mol. The van der Waals surface area contributed by atoms with Gasteiger partial charge in [-0.25, -0.2) is 14.8 Å². The molecule has 3 aromatic rings. The number of rotatable bonds is 5. The number of carbonyl (C=O) groups is 1. The van der Waals surface area contributed by atoms with Crippen LogP contribution < -0.4 is 9.47 Å². The Hall–Kier alpha value is -2.38. The first-order valence-electron chi connectivity index (χ1n) is 7.73. The van der Waals surface area contributed by atoms with Crippen LogP contribution in [0.3, 0.4) is 0 Å². The smallest absolute Gasteiger partial charge is 0.348 e. The Morgan fingerprint density at radius 2 is 1.88 bits per heavy atom. The number of hydrogen-bond donors (Lipinski definition) is 0. The highest BCUT2D eigenvalue weighted by atomic mass is 35.5. The van der Waals surface area contributed by atoms with Gasteiger partial charge in [-0.2, -0.15) is 0 Å². The molecule has 8 heteroatoms. The van der Waals surface area contributed by atoms with Crippen molar-refractivity contribution in [2.24, 2.45) is 0 Å². The summed E-state index contributed by atoms with van der Waals surface area (Å²) in [5, 5.41) is 1.02. The van der Waals surface area contributed by atoms with E-state index < -0.39 is 5.97 Å². The van der Waals surface area contributed by atoms with Crippen molar-refractivity contribution >= 4 is 39.1 Å². The van der Waals surface area contributed by atoms with Crippen LogP contribution in [0.2, 0.25) is 5.15 Å². The average Bonchev–Trinajstić information content (AvgIpc) is 2.97. The highest BCUT2D eigenvalue weighted by Gasteiger charge is 2.20. The summed E-state index contributed by atoms with van der Waals surface area (Å²) in [7, 11) is 4.53. The monoisotopic (exact) mass is 392 g/mol. The van der Waals surface area contributed by atoms with E-state index in [4.69, 9.17) is 25.8 Å². The lowest BCUT2D eigenvalue weighted by Gasteiger charge is -2.09. The first kappa shape index (κ1) is 18.4. The zero-order chi connectivity index (χ0) is 18.8. The molecule has 3 rings (SSSR count). The number of esters is 1. The summed E-state index contributed by atoms with van der Waals surface area (Å²) in [4.78, 5) is 22.0. The van der Waals surface area contributed by atoms with Crippen LogP contribution in [0.25, 0.3) is 10.2 Å². The first-order chi connectivity index (χ1) is 12.5. The Labute approximate surface area is 159 Å². The molecule has 0 saturated carbocycles. The zero-order valence-corrected chi connectivity index (χ0v) is 16.3. The molecule has 0 aliphatic carbocycles. The van der Waals surface area contributed by atoms with Crippen LogP contribution >= 0.6 is 22.9 Å². The molecule has 1 aromatic carbocycles. The fraction of sp³-hybridized carbons (Fsp3) is 0.278. The number of halogens is 1. The van der Waals surface area contributed by atoms with Gasteiger partial charge in [0.1, 0.15) is 20.7 Å². The third kappa shape index (κ3) is 3.32. The molecule has 0 saturated heterocycles. The third-order valence-electron chi connectivity index (χ3n) is 3.97. The van der Waals surface area contributed by atoms with E-state index in [1.165, 1.54) is 18.4 Å². The number of aromatic nitrogens is 2. The summed E-state index contributed by atoms with van der Waals surface area (Å²) < 4.78 is 15.4. The number of nitrogens with zero attached hydrogens (tertiary/aromatic N) is 2. The SMILES string of the molecule is COC(=O)c1sc2nc(Cc3ccc(OC)c(OC)c3)nc(Cl)c2c1C. The van der Waals surface area contributed by atoms with Crippen molar-refractivity contribution < 1.29 is 19.0 Å². The topological polar surface area (TPSA) is 70.5 Å². The predicted octanol–water partition coefficient (Wildman–Crippen LogP) is 4.05. The Morgan fingerprint density at radius 3 is 2.54 bits per heavy atom. The van der Waals surface area contributed by atoms with E-state index in [9.17, 15) is 4.79 Å². The van der Waals surface area contributed by atoms with E-state index in [1.807, 2.05) is 25.1 Å². The molecule has 0 atom stereocenters. The normalized spacial score (nSPS) is 10.8. The minimum absolute atomic E-state index is 0.328. The van der Waals surface area contributed by atoms with Crippen LogP contribution in [-0.2, 0) is 11.2 Å². The third-order valence-corrected chi connectivity index (χ3v) is 5.41. The lowest BCUT2D eigenvalue weighted by atomic mass is 10.1. The van der Waals surface area contributed by atoms with Crippen LogP contribution in [0.15, 0.2) is 18.2 Å². The summed E-state index contributed by atoms with van der Waals surface area (Å²) in [5.41, 5.74) is 1.69. The Morgan fingerprint density at radius 1 is 1.15 bits per heavy atom. The minimum atomic E-state index is -0.400. The molecule has 0 unspecified atom stereocenters. The molecule has 0 amide bonds. The van der Waals surface area contributed by atoms with Crippen LogP contribution in [0.4, 0.5) is 0 Å². The number of aryl methyl sites for hydroxylation is 1. The van der Waals surface area contributed by atoms with Crippen molar-refractivity contribution in [3.8, 4) is 11.5 Å². The second-order valence-corrected chi connectivity index (χ2v) is 6.88. The molecule has 0 bridgehead atoms. The highest BCUT2D eigenvalue weighted by molar-refractivity contribution is 7.20. The number of hydrogen-bond acceptors (Lipinski definition) is 7. The highest BCUT2D eigenvalue weighted by Crippen LogP contribution is 2.34. The number of ether oxygens (including phenoxy) is 3. The molecule has 0 radical (unpaired) electrons. The molecule has 0 aliphatic rings. The summed E-state index contributed by atoms with van der Waals surface area (Å²) in [6.45, 7) is 1.81. The maximum atomic E-state index is 11.9. The summed E-state index contributed by atoms with van der Waals surface area (Å²) in [5.74, 6) is 1.45. The maximum absolute atomic E-state index is 11.9. The van der Waals surface area contributed by atoms with E-state index >= 15 is 0 Å². The van der Waals surface area contributed by atoms with Gasteiger partial charge in [0.15, 0.2) is 11.5 Å². The molecule has 0 aliphatic heterocycles. The van der Waals surface area contributed by atoms with Crippen molar-refractivity contribution in [2.45, 2.75) is 13.3 Å². The summed E-state index contributed by atoms with van der Waals surface area (Å²) >= 11 is 7.61. The lowest BCUT2D eigenvalue weighted by Crippen LogP contribution is -2.00. The fourth-order valence-electron chi connectivity index (χ4n) is 2.67. The molecule has 0 fully saturated rings. The molecule has 2 aromatic heterocycles. The van der Waals surface area contributed by atoms with Gasteiger partial charge in [-0.3, -0.25) is 0 Å². The van der Waals surface area contributed by atoms with Crippen molar-refractivity contribution in [1.29, 1.82) is 0 Å². The molecule has 0 spiro atoms. The summed E-state index contributed by atoms with van der Waals surface area (Å²) in [6, 6.07) is 5.63. The van der Waals surface area contributed by atoms with E-state index in [1.54, 1.807) is 14.2 Å². The van der Waals surface area contributed by atoms with E-state index in [0.717, 1.165) is 11.1 Å². The van der Waals surface area contributed by atoms with Crippen molar-refractivity contribution in [3.63, 3.8) is 0 Å². The van der Waals surface area contributed by atoms with Crippen LogP contribution in [-0.4, -0.2) is 37.3 Å². The summed E-state index contributed by atoms with van der Waals surface area (Å²) in [6.07, 6.45) is 0.473. The van der Waals surface area contributed by atoms with Gasteiger partial charge in [0.2, 0.25) is 0 Å². The largest absolute Gasteiger partial charge is 0.493 e.